The van der Waals surface area contributed by atoms with E-state index in [4.69, 9.17) is 30.2 Å². The Morgan fingerprint density at radius 1 is 0.943 bits per heavy atom. The highest BCUT2D eigenvalue weighted by atomic mass is 35.5. The van der Waals surface area contributed by atoms with Gasteiger partial charge in [-0.2, -0.15) is 0 Å². The van der Waals surface area contributed by atoms with Crippen LogP contribution >= 0.6 is 11.6 Å². The number of aromatic nitrogens is 1. The third-order valence-corrected chi connectivity index (χ3v) is 5.51. The molecule has 35 heavy (non-hydrogen) atoms. The maximum atomic E-state index is 13.2. The maximum absolute atomic E-state index is 13.2. The molecule has 1 heterocycles. The van der Waals surface area contributed by atoms with Gasteiger partial charge < -0.3 is 23.9 Å². The highest BCUT2D eigenvalue weighted by Crippen LogP contribution is 2.39. The molecule has 0 aliphatic rings. The fourth-order valence-electron chi connectivity index (χ4n) is 3.63. The molecule has 3 aromatic carbocycles. The molecule has 1 amide bonds. The van der Waals surface area contributed by atoms with Gasteiger partial charge in [-0.25, -0.2) is 4.98 Å². The number of benzene rings is 3. The van der Waals surface area contributed by atoms with Gasteiger partial charge in [0.2, 0.25) is 11.6 Å². The first-order chi connectivity index (χ1) is 16.9. The van der Waals surface area contributed by atoms with Gasteiger partial charge in [0.15, 0.2) is 17.1 Å². The minimum Gasteiger partial charge on any atom is -0.490 e. The zero-order chi connectivity index (χ0) is 24.9. The van der Waals surface area contributed by atoms with Crippen LogP contribution in [0.2, 0.25) is 5.02 Å². The van der Waals surface area contributed by atoms with Crippen molar-refractivity contribution in [3.05, 3.63) is 64.7 Å². The standard InChI is InChI=1S/C27H27ClN2O5/c1-5-32-23-14-18(15-24(33-6-2)25(23)34-7-3)26(31)29-20-13-17(9-10-19(20)28)27-30-21-12-16(4)8-11-22(21)35-27/h8-15H,5-7H2,1-4H3,(H,29,31). The monoisotopic (exact) mass is 494 g/mol. The fraction of sp³-hybridized carbons (Fsp3) is 0.259. The van der Waals surface area contributed by atoms with E-state index in [9.17, 15) is 4.79 Å². The van der Waals surface area contributed by atoms with Crippen molar-refractivity contribution < 1.29 is 23.4 Å². The van der Waals surface area contributed by atoms with E-state index in [1.54, 1.807) is 30.3 Å². The normalized spacial score (nSPS) is 10.9. The van der Waals surface area contributed by atoms with Crippen LogP contribution in [0.1, 0.15) is 36.7 Å². The SMILES string of the molecule is CCOc1cc(C(=O)Nc2cc(-c3nc4cc(C)ccc4o3)ccc2Cl)cc(OCC)c1OCC. The Hall–Kier alpha value is -3.71. The van der Waals surface area contributed by atoms with E-state index in [0.29, 0.717) is 70.4 Å². The lowest BCUT2D eigenvalue weighted by molar-refractivity contribution is 0.102. The molecule has 0 radical (unpaired) electrons. The molecule has 0 saturated carbocycles. The number of hydrogen-bond acceptors (Lipinski definition) is 6. The number of oxazole rings is 1. The Kier molecular flexibility index (Phi) is 7.46. The average molecular weight is 495 g/mol. The maximum Gasteiger partial charge on any atom is 0.255 e. The molecule has 1 N–H and O–H groups in total. The fourth-order valence-corrected chi connectivity index (χ4v) is 3.79. The van der Waals surface area contributed by atoms with Crippen LogP contribution in [0.3, 0.4) is 0 Å². The van der Waals surface area contributed by atoms with Crippen molar-refractivity contribution in [3.63, 3.8) is 0 Å². The molecule has 0 atom stereocenters. The van der Waals surface area contributed by atoms with Gasteiger partial charge in [0.05, 0.1) is 30.5 Å². The van der Waals surface area contributed by atoms with Crippen molar-refractivity contribution in [2.24, 2.45) is 0 Å². The number of hydrogen-bond donors (Lipinski definition) is 1. The summed E-state index contributed by atoms with van der Waals surface area (Å²) in [5.74, 6) is 1.41. The number of fused-ring (bicyclic) bond motifs is 1. The first-order valence-electron chi connectivity index (χ1n) is 11.5. The number of carbonyl (C=O) groups is 1. The second kappa shape index (κ2) is 10.7. The molecule has 0 aliphatic heterocycles. The van der Waals surface area contributed by atoms with E-state index >= 15 is 0 Å². The Balaban J connectivity index is 1.66. The molecule has 8 heteroatoms. The summed E-state index contributed by atoms with van der Waals surface area (Å²) >= 11 is 6.41. The van der Waals surface area contributed by atoms with Gasteiger partial charge in [-0.15, -0.1) is 0 Å². The van der Waals surface area contributed by atoms with Crippen LogP contribution in [0.15, 0.2) is 52.9 Å². The largest absolute Gasteiger partial charge is 0.490 e. The number of anilines is 1. The quantitative estimate of drug-likeness (QED) is 0.272. The van der Waals surface area contributed by atoms with Crippen LogP contribution in [0.25, 0.3) is 22.6 Å². The Morgan fingerprint density at radius 2 is 1.63 bits per heavy atom. The van der Waals surface area contributed by atoms with Gasteiger partial charge in [-0.05, 0) is 75.7 Å². The lowest BCUT2D eigenvalue weighted by Gasteiger charge is -2.17. The van der Waals surface area contributed by atoms with Crippen molar-refractivity contribution in [2.45, 2.75) is 27.7 Å². The smallest absolute Gasteiger partial charge is 0.255 e. The van der Waals surface area contributed by atoms with E-state index < -0.39 is 0 Å². The third-order valence-electron chi connectivity index (χ3n) is 5.18. The van der Waals surface area contributed by atoms with Crippen LogP contribution in [0.4, 0.5) is 5.69 Å². The summed E-state index contributed by atoms with van der Waals surface area (Å²) in [5, 5.41) is 3.26. The van der Waals surface area contributed by atoms with E-state index in [-0.39, 0.29) is 5.91 Å². The molecule has 182 valence electrons. The number of rotatable bonds is 9. The van der Waals surface area contributed by atoms with Crippen LogP contribution in [0.5, 0.6) is 17.2 Å². The molecule has 4 rings (SSSR count). The summed E-state index contributed by atoms with van der Waals surface area (Å²) < 4.78 is 23.1. The van der Waals surface area contributed by atoms with Gasteiger partial charge >= 0.3 is 0 Å². The van der Waals surface area contributed by atoms with Crippen molar-refractivity contribution >= 4 is 34.3 Å². The molecular formula is C27H27ClN2O5. The number of nitrogens with zero attached hydrogens (tertiary/aromatic N) is 1. The molecule has 7 nitrogen and oxygen atoms in total. The summed E-state index contributed by atoms with van der Waals surface area (Å²) in [6, 6.07) is 14.3. The van der Waals surface area contributed by atoms with Gasteiger partial charge in [0.1, 0.15) is 5.52 Å². The second-order valence-corrected chi connectivity index (χ2v) is 8.15. The lowest BCUT2D eigenvalue weighted by Crippen LogP contribution is -2.13. The van der Waals surface area contributed by atoms with Crippen molar-refractivity contribution in [1.82, 2.24) is 4.98 Å². The van der Waals surface area contributed by atoms with Crippen LogP contribution in [0, 0.1) is 6.92 Å². The number of halogens is 1. The lowest BCUT2D eigenvalue weighted by atomic mass is 10.1. The van der Waals surface area contributed by atoms with E-state index in [0.717, 1.165) is 11.1 Å². The Bertz CT molecular complexity index is 1340. The van der Waals surface area contributed by atoms with Gasteiger partial charge in [0.25, 0.3) is 5.91 Å². The van der Waals surface area contributed by atoms with Crippen molar-refractivity contribution in [1.29, 1.82) is 0 Å². The Labute approximate surface area is 209 Å². The predicted molar refractivity (Wildman–Crippen MR) is 137 cm³/mol. The first-order valence-corrected chi connectivity index (χ1v) is 11.9. The third kappa shape index (κ3) is 5.35. The van der Waals surface area contributed by atoms with Crippen LogP contribution < -0.4 is 19.5 Å². The predicted octanol–water partition coefficient (Wildman–Crippen LogP) is 6.91. The van der Waals surface area contributed by atoms with Crippen molar-refractivity contribution in [3.8, 4) is 28.7 Å². The van der Waals surface area contributed by atoms with Gasteiger partial charge in [-0.1, -0.05) is 17.7 Å². The molecule has 1 aromatic heterocycles. The molecule has 0 aliphatic carbocycles. The number of amides is 1. The molecule has 0 saturated heterocycles. The number of aryl methyl sites for hydroxylation is 1. The number of nitrogens with one attached hydrogen (secondary N) is 1. The number of ether oxygens (including phenoxy) is 3. The first kappa shape index (κ1) is 24.4. The number of carbonyl (C=O) groups excluding carboxylic acids is 1. The summed E-state index contributed by atoms with van der Waals surface area (Å²) in [7, 11) is 0. The topological polar surface area (TPSA) is 82.8 Å². The van der Waals surface area contributed by atoms with Crippen molar-refractivity contribution in [2.75, 3.05) is 25.1 Å². The van der Waals surface area contributed by atoms with E-state index in [1.807, 2.05) is 45.9 Å². The summed E-state index contributed by atoms with van der Waals surface area (Å²) in [6.45, 7) is 8.85. The minimum atomic E-state index is -0.373. The zero-order valence-corrected chi connectivity index (χ0v) is 20.9. The molecular weight excluding hydrogens is 468 g/mol. The molecule has 4 aromatic rings. The highest BCUT2D eigenvalue weighted by molar-refractivity contribution is 6.34. The van der Waals surface area contributed by atoms with Crippen LogP contribution in [-0.2, 0) is 0 Å². The second-order valence-electron chi connectivity index (χ2n) is 7.74. The minimum absolute atomic E-state index is 0.346. The van der Waals surface area contributed by atoms with Gasteiger partial charge in [-0.3, -0.25) is 4.79 Å². The summed E-state index contributed by atoms with van der Waals surface area (Å²) in [4.78, 5) is 17.8. The van der Waals surface area contributed by atoms with Crippen LogP contribution in [-0.4, -0.2) is 30.7 Å². The van der Waals surface area contributed by atoms with Gasteiger partial charge in [0, 0.05) is 11.1 Å². The summed E-state index contributed by atoms with van der Waals surface area (Å²) in [6.07, 6.45) is 0. The molecule has 0 fully saturated rings. The highest BCUT2D eigenvalue weighted by Gasteiger charge is 2.20. The molecule has 0 spiro atoms. The Morgan fingerprint density at radius 3 is 2.29 bits per heavy atom. The van der Waals surface area contributed by atoms with E-state index in [1.165, 1.54) is 0 Å². The molecule has 0 unspecified atom stereocenters. The molecule has 0 bridgehead atoms. The summed E-state index contributed by atoms with van der Waals surface area (Å²) in [5.41, 5.74) is 4.01. The average Bonchev–Trinajstić information content (AvgIpc) is 3.25. The van der Waals surface area contributed by atoms with E-state index in [2.05, 4.69) is 10.3 Å². The zero-order valence-electron chi connectivity index (χ0n) is 20.1.